The van der Waals surface area contributed by atoms with E-state index in [1.54, 1.807) is 0 Å². The van der Waals surface area contributed by atoms with Crippen molar-refractivity contribution in [3.05, 3.63) is 40.4 Å². The molecule has 4 heteroatoms. The molecule has 0 aromatic heterocycles. The third-order valence-corrected chi connectivity index (χ3v) is 8.67. The monoisotopic (exact) mass is 316 g/mol. The van der Waals surface area contributed by atoms with Crippen LogP contribution in [0, 0.1) is 0 Å². The maximum Gasteiger partial charge on any atom is 0.192 e. The molecule has 0 bridgehead atoms. The topological polar surface area (TPSA) is 9.23 Å². The third-order valence-electron chi connectivity index (χ3n) is 3.73. The minimum absolute atomic E-state index is 0.174. The fourth-order valence-electron chi connectivity index (χ4n) is 1.36. The van der Waals surface area contributed by atoms with E-state index < -0.39 is 8.32 Å². The van der Waals surface area contributed by atoms with Crippen molar-refractivity contribution < 1.29 is 4.43 Å². The summed E-state index contributed by atoms with van der Waals surface area (Å²) in [4.78, 5) is 0. The number of rotatable bonds is 4. The lowest BCUT2D eigenvalue weighted by molar-refractivity contribution is 0.334. The van der Waals surface area contributed by atoms with E-state index >= 15 is 0 Å². The minimum Gasteiger partial charge on any atom is -0.412 e. The van der Waals surface area contributed by atoms with Crippen LogP contribution in [0.4, 0.5) is 0 Å². The molecule has 1 rings (SSSR count). The molecule has 0 N–H and O–H groups in total. The highest BCUT2D eigenvalue weighted by Crippen LogP contribution is 2.37. The molecule has 1 aromatic carbocycles. The molecule has 0 spiro atoms. The zero-order chi connectivity index (χ0) is 14.7. The summed E-state index contributed by atoms with van der Waals surface area (Å²) in [6, 6.07) is 9.90. The van der Waals surface area contributed by atoms with Gasteiger partial charge in [0.15, 0.2) is 8.32 Å². The van der Waals surface area contributed by atoms with Gasteiger partial charge in [-0.25, -0.2) is 0 Å². The predicted octanol–water partition coefficient (Wildman–Crippen LogP) is 5.85. The molecular formula is C15H22Cl2OSi. The molecule has 0 aliphatic rings. The highest BCUT2D eigenvalue weighted by Gasteiger charge is 2.37. The SMILES string of the molecule is CC(C)(C)[Si](C)(C)OCC(=C(Cl)Cl)c1ccccc1. The van der Waals surface area contributed by atoms with Gasteiger partial charge in [0.1, 0.15) is 4.49 Å². The van der Waals surface area contributed by atoms with Crippen LogP contribution in [0.3, 0.4) is 0 Å². The lowest BCUT2D eigenvalue weighted by atomic mass is 10.1. The minimum atomic E-state index is -1.80. The molecule has 0 unspecified atom stereocenters. The molecule has 0 saturated carbocycles. The molecule has 0 aliphatic heterocycles. The van der Waals surface area contributed by atoms with E-state index in [4.69, 9.17) is 27.6 Å². The van der Waals surface area contributed by atoms with Crippen molar-refractivity contribution in [2.75, 3.05) is 6.61 Å². The normalized spacial score (nSPS) is 12.4. The zero-order valence-corrected chi connectivity index (χ0v) is 14.8. The maximum absolute atomic E-state index is 6.18. The van der Waals surface area contributed by atoms with Gasteiger partial charge >= 0.3 is 0 Å². The van der Waals surface area contributed by atoms with E-state index in [1.807, 2.05) is 30.3 Å². The van der Waals surface area contributed by atoms with Crippen LogP contribution >= 0.6 is 23.2 Å². The summed E-state index contributed by atoms with van der Waals surface area (Å²) in [6.45, 7) is 11.5. The Morgan fingerprint density at radius 3 is 2.05 bits per heavy atom. The summed E-state index contributed by atoms with van der Waals surface area (Å²) in [5.41, 5.74) is 1.87. The van der Waals surface area contributed by atoms with Gasteiger partial charge in [0.05, 0.1) is 6.61 Å². The van der Waals surface area contributed by atoms with Crippen LogP contribution in [0.5, 0.6) is 0 Å². The lowest BCUT2D eigenvalue weighted by Gasteiger charge is -2.36. The number of benzene rings is 1. The smallest absolute Gasteiger partial charge is 0.192 e. The zero-order valence-electron chi connectivity index (χ0n) is 12.3. The van der Waals surface area contributed by atoms with Gasteiger partial charge in [-0.15, -0.1) is 0 Å². The fraction of sp³-hybridized carbons (Fsp3) is 0.467. The van der Waals surface area contributed by atoms with E-state index in [-0.39, 0.29) is 9.53 Å². The Morgan fingerprint density at radius 1 is 1.11 bits per heavy atom. The first-order valence-corrected chi connectivity index (χ1v) is 10.0. The quantitative estimate of drug-likeness (QED) is 0.632. The van der Waals surface area contributed by atoms with Gasteiger partial charge in [0.25, 0.3) is 0 Å². The first-order valence-electron chi connectivity index (χ1n) is 6.39. The van der Waals surface area contributed by atoms with Gasteiger partial charge in [-0.2, -0.15) is 0 Å². The van der Waals surface area contributed by atoms with Crippen LogP contribution < -0.4 is 0 Å². The second-order valence-corrected chi connectivity index (χ2v) is 11.9. The standard InChI is InChI=1S/C15H22Cl2OSi/c1-15(2,3)19(4,5)18-11-13(14(16)17)12-9-7-6-8-10-12/h6-10H,11H2,1-5H3. The van der Waals surface area contributed by atoms with E-state index in [1.165, 1.54) is 0 Å². The Morgan fingerprint density at radius 2 is 1.63 bits per heavy atom. The number of halogens is 2. The van der Waals surface area contributed by atoms with Gasteiger partial charge in [-0.05, 0) is 23.7 Å². The summed E-state index contributed by atoms with van der Waals surface area (Å²) in [5, 5.41) is 0.174. The first-order chi connectivity index (χ1) is 8.65. The molecular weight excluding hydrogens is 295 g/mol. The van der Waals surface area contributed by atoms with E-state index in [9.17, 15) is 0 Å². The Balaban J connectivity index is 2.88. The van der Waals surface area contributed by atoms with Crippen LogP contribution in [0.2, 0.25) is 18.1 Å². The Hall–Kier alpha value is -0.283. The average molecular weight is 317 g/mol. The van der Waals surface area contributed by atoms with Crippen LogP contribution in [-0.4, -0.2) is 14.9 Å². The predicted molar refractivity (Wildman–Crippen MR) is 88.2 cm³/mol. The third kappa shape index (κ3) is 4.64. The van der Waals surface area contributed by atoms with Crippen molar-refractivity contribution in [3.63, 3.8) is 0 Å². The van der Waals surface area contributed by atoms with Crippen LogP contribution in [0.15, 0.2) is 34.8 Å². The van der Waals surface area contributed by atoms with Gasteiger partial charge in [-0.3, -0.25) is 0 Å². The Labute approximate surface area is 127 Å². The van der Waals surface area contributed by atoms with Gasteiger partial charge < -0.3 is 4.43 Å². The average Bonchev–Trinajstić information content (AvgIpc) is 2.28. The molecule has 0 radical (unpaired) electrons. The molecule has 0 saturated heterocycles. The number of hydrogen-bond donors (Lipinski definition) is 0. The molecule has 1 nitrogen and oxygen atoms in total. The van der Waals surface area contributed by atoms with E-state index in [0.717, 1.165) is 11.1 Å². The van der Waals surface area contributed by atoms with Gasteiger partial charge in [-0.1, -0.05) is 74.3 Å². The molecule has 19 heavy (non-hydrogen) atoms. The van der Waals surface area contributed by atoms with E-state index in [2.05, 4.69) is 33.9 Å². The molecule has 0 fully saturated rings. The summed E-state index contributed by atoms with van der Waals surface area (Å²) >= 11 is 12.0. The summed E-state index contributed by atoms with van der Waals surface area (Å²) in [7, 11) is -1.80. The van der Waals surface area contributed by atoms with Crippen molar-refractivity contribution in [2.24, 2.45) is 0 Å². The van der Waals surface area contributed by atoms with Crippen molar-refractivity contribution in [2.45, 2.75) is 38.9 Å². The highest BCUT2D eigenvalue weighted by molar-refractivity contribution is 6.74. The molecule has 0 aliphatic carbocycles. The number of hydrogen-bond acceptors (Lipinski definition) is 1. The Kier molecular flexibility index (Phi) is 5.69. The van der Waals surface area contributed by atoms with Crippen molar-refractivity contribution in [1.82, 2.24) is 0 Å². The van der Waals surface area contributed by atoms with Gasteiger partial charge in [0.2, 0.25) is 0 Å². The van der Waals surface area contributed by atoms with Gasteiger partial charge in [0, 0.05) is 5.57 Å². The highest BCUT2D eigenvalue weighted by atomic mass is 35.5. The molecule has 0 amide bonds. The second kappa shape index (κ2) is 6.44. The van der Waals surface area contributed by atoms with Crippen LogP contribution in [0.25, 0.3) is 5.57 Å². The van der Waals surface area contributed by atoms with Crippen molar-refractivity contribution >= 4 is 37.1 Å². The Bertz CT molecular complexity index is 443. The van der Waals surface area contributed by atoms with E-state index in [0.29, 0.717) is 6.61 Å². The summed E-state index contributed by atoms with van der Waals surface area (Å²) in [6.07, 6.45) is 0. The molecule has 0 atom stereocenters. The largest absolute Gasteiger partial charge is 0.412 e. The maximum atomic E-state index is 6.18. The first kappa shape index (κ1) is 16.8. The van der Waals surface area contributed by atoms with Crippen molar-refractivity contribution in [1.29, 1.82) is 0 Å². The molecule has 106 valence electrons. The summed E-state index contributed by atoms with van der Waals surface area (Å²) in [5.74, 6) is 0. The van der Waals surface area contributed by atoms with Crippen LogP contribution in [-0.2, 0) is 4.43 Å². The summed E-state index contributed by atoms with van der Waals surface area (Å²) < 4.78 is 6.47. The fourth-order valence-corrected chi connectivity index (χ4v) is 2.62. The molecule has 1 aromatic rings. The van der Waals surface area contributed by atoms with Crippen LogP contribution in [0.1, 0.15) is 26.3 Å². The van der Waals surface area contributed by atoms with Crippen molar-refractivity contribution in [3.8, 4) is 0 Å². The lowest BCUT2D eigenvalue weighted by Crippen LogP contribution is -2.41. The molecule has 0 heterocycles. The second-order valence-electron chi connectivity index (χ2n) is 6.15.